The highest BCUT2D eigenvalue weighted by Gasteiger charge is 2.35. The average molecular weight is 224 g/mol. The molecule has 12 heavy (non-hydrogen) atoms. The standard InChI is InChI=1S/C5H16O4Si3/c1-6-12(7-2,8-3)5-4-11-9-10/h4,11H,5H2,1-3,10H3. The van der Waals surface area contributed by atoms with E-state index in [0.717, 1.165) is 16.5 Å². The van der Waals surface area contributed by atoms with Crippen LogP contribution in [0.3, 0.4) is 0 Å². The first-order valence-corrected chi connectivity index (χ1v) is 7.46. The van der Waals surface area contributed by atoms with Crippen LogP contribution in [0.5, 0.6) is 0 Å². The molecule has 0 saturated carbocycles. The molecule has 0 bridgehead atoms. The fourth-order valence-electron chi connectivity index (χ4n) is 0.789. The lowest BCUT2D eigenvalue weighted by molar-refractivity contribution is 0.129. The second-order valence-corrected chi connectivity index (χ2v) is 7.74. The van der Waals surface area contributed by atoms with Gasteiger partial charge in [0, 0.05) is 27.4 Å². The van der Waals surface area contributed by atoms with Gasteiger partial charge in [-0.25, -0.2) is 0 Å². The predicted octanol–water partition coefficient (Wildman–Crippen LogP) is -1.68. The molecule has 0 aliphatic rings. The Kier molecular flexibility index (Phi) is 6.80. The SMILES string of the molecule is CO[Si](CC=[SiH]O[SiH3])(OC)OC. The Balaban J connectivity index is 4.01. The van der Waals surface area contributed by atoms with Gasteiger partial charge in [-0.05, 0) is 0 Å². The zero-order valence-corrected chi connectivity index (χ0v) is 12.1. The normalized spacial score (nSPS) is 12.6. The maximum atomic E-state index is 5.22. The zero-order valence-electron chi connectivity index (χ0n) is 7.99. The summed E-state index contributed by atoms with van der Waals surface area (Å²) >= 11 is 0. The second kappa shape index (κ2) is 6.69. The molecule has 4 nitrogen and oxygen atoms in total. The smallest absolute Gasteiger partial charge is 0.503 e. The minimum atomic E-state index is -2.35. The third-order valence-electron chi connectivity index (χ3n) is 1.53. The lowest BCUT2D eigenvalue weighted by Gasteiger charge is -2.22. The first kappa shape index (κ1) is 12.2. The van der Waals surface area contributed by atoms with Crippen molar-refractivity contribution in [3.63, 3.8) is 0 Å². The van der Waals surface area contributed by atoms with E-state index in [1.807, 2.05) is 0 Å². The summed E-state index contributed by atoms with van der Waals surface area (Å²) in [6, 6.07) is 0.730. The van der Waals surface area contributed by atoms with Crippen molar-refractivity contribution >= 4 is 34.3 Å². The Morgan fingerprint density at radius 3 is 2.08 bits per heavy atom. The van der Waals surface area contributed by atoms with E-state index in [1.165, 1.54) is 0 Å². The Morgan fingerprint density at radius 1 is 1.25 bits per heavy atom. The molecule has 0 fully saturated rings. The highest BCUT2D eigenvalue weighted by atomic mass is 28.4. The van der Waals surface area contributed by atoms with Crippen LogP contribution in [0, 0.1) is 0 Å². The van der Waals surface area contributed by atoms with Gasteiger partial charge < -0.3 is 17.4 Å². The third kappa shape index (κ3) is 3.74. The molecule has 72 valence electrons. The van der Waals surface area contributed by atoms with Crippen molar-refractivity contribution in [1.82, 2.24) is 0 Å². The van der Waals surface area contributed by atoms with Gasteiger partial charge in [0.15, 0.2) is 19.9 Å². The molecule has 0 spiro atoms. The molecule has 0 unspecified atom stereocenters. The predicted molar refractivity (Wildman–Crippen MR) is 55.8 cm³/mol. The van der Waals surface area contributed by atoms with Crippen LogP contribution in [-0.4, -0.2) is 55.7 Å². The van der Waals surface area contributed by atoms with Crippen LogP contribution < -0.4 is 0 Å². The molecule has 0 amide bonds. The molecule has 0 heterocycles. The molecule has 0 aromatic rings. The molecule has 7 heteroatoms. The van der Waals surface area contributed by atoms with Crippen molar-refractivity contribution in [2.24, 2.45) is 0 Å². The summed E-state index contributed by atoms with van der Waals surface area (Å²) in [6.07, 6.45) is 0. The summed E-state index contributed by atoms with van der Waals surface area (Å²) in [6.45, 7) is 0. The molecule has 0 rings (SSSR count). The van der Waals surface area contributed by atoms with Crippen molar-refractivity contribution in [1.29, 1.82) is 0 Å². The van der Waals surface area contributed by atoms with Gasteiger partial charge in [-0.2, -0.15) is 0 Å². The molecule has 0 N–H and O–H groups in total. The van der Waals surface area contributed by atoms with E-state index in [0.29, 0.717) is 0 Å². The number of hydrogen-bond donors (Lipinski definition) is 0. The summed E-state index contributed by atoms with van der Waals surface area (Å²) in [7, 11) is 3.27. The minimum Gasteiger partial charge on any atom is -0.614 e. The Labute approximate surface area is 79.6 Å². The highest BCUT2D eigenvalue weighted by molar-refractivity contribution is 6.67. The molecular weight excluding hydrogens is 208 g/mol. The van der Waals surface area contributed by atoms with Crippen LogP contribution in [0.2, 0.25) is 6.04 Å². The first-order valence-electron chi connectivity index (χ1n) is 3.58. The largest absolute Gasteiger partial charge is 0.614 e. The van der Waals surface area contributed by atoms with Gasteiger partial charge in [0.2, 0.25) is 0 Å². The van der Waals surface area contributed by atoms with E-state index in [2.05, 4.69) is 5.67 Å². The Hall–Kier alpha value is 0.201. The van der Waals surface area contributed by atoms with Crippen LogP contribution in [0.1, 0.15) is 0 Å². The quantitative estimate of drug-likeness (QED) is 0.505. The fraction of sp³-hybridized carbons (Fsp3) is 0.800. The second-order valence-electron chi connectivity index (χ2n) is 2.11. The lowest BCUT2D eigenvalue weighted by atomic mass is 11.0. The summed E-state index contributed by atoms with van der Waals surface area (Å²) in [5.74, 6) is 0. The summed E-state index contributed by atoms with van der Waals surface area (Å²) in [4.78, 5) is 0. The Morgan fingerprint density at radius 2 is 1.75 bits per heavy atom. The van der Waals surface area contributed by atoms with E-state index >= 15 is 0 Å². The van der Waals surface area contributed by atoms with Gasteiger partial charge >= 0.3 is 8.80 Å². The topological polar surface area (TPSA) is 36.9 Å². The minimum absolute atomic E-state index is 0.0128. The fourth-order valence-corrected chi connectivity index (χ4v) is 4.10. The Bertz CT molecular complexity index is 128. The van der Waals surface area contributed by atoms with Crippen molar-refractivity contribution in [2.45, 2.75) is 6.04 Å². The van der Waals surface area contributed by atoms with Crippen LogP contribution in [0.4, 0.5) is 0 Å². The molecule has 0 aliphatic carbocycles. The van der Waals surface area contributed by atoms with E-state index in [4.69, 9.17) is 17.4 Å². The van der Waals surface area contributed by atoms with Gasteiger partial charge in [-0.3, -0.25) is 0 Å². The zero-order chi connectivity index (χ0) is 9.45. The van der Waals surface area contributed by atoms with Crippen LogP contribution >= 0.6 is 0 Å². The maximum Gasteiger partial charge on any atom is 0.503 e. The van der Waals surface area contributed by atoms with Crippen molar-refractivity contribution in [3.05, 3.63) is 0 Å². The summed E-state index contributed by atoms with van der Waals surface area (Å²) < 4.78 is 20.7. The molecule has 0 aromatic carbocycles. The van der Waals surface area contributed by atoms with Crippen LogP contribution in [0.15, 0.2) is 0 Å². The third-order valence-corrected chi connectivity index (χ3v) is 6.12. The molecule has 0 aliphatic heterocycles. The summed E-state index contributed by atoms with van der Waals surface area (Å²) in [5, 5.41) is 0. The van der Waals surface area contributed by atoms with Gasteiger partial charge in [0.05, 0.1) is 0 Å². The van der Waals surface area contributed by atoms with Gasteiger partial charge in [0.1, 0.15) is 0 Å². The van der Waals surface area contributed by atoms with Crippen LogP contribution in [-0.2, 0) is 17.4 Å². The highest BCUT2D eigenvalue weighted by Crippen LogP contribution is 2.09. The first-order chi connectivity index (χ1) is 5.74. The van der Waals surface area contributed by atoms with E-state index in [1.54, 1.807) is 21.3 Å². The van der Waals surface area contributed by atoms with Crippen molar-refractivity contribution in [2.75, 3.05) is 21.3 Å². The van der Waals surface area contributed by atoms with Crippen molar-refractivity contribution in [3.8, 4) is 0 Å². The molecule has 0 atom stereocenters. The summed E-state index contributed by atoms with van der Waals surface area (Å²) in [5.41, 5.74) is 2.07. The van der Waals surface area contributed by atoms with Gasteiger partial charge in [-0.1, -0.05) is 5.67 Å². The molecule has 0 saturated heterocycles. The van der Waals surface area contributed by atoms with E-state index in [9.17, 15) is 0 Å². The number of hydrogen-bond acceptors (Lipinski definition) is 4. The van der Waals surface area contributed by atoms with E-state index in [-0.39, 0.29) is 9.38 Å². The average Bonchev–Trinajstić information content (AvgIpc) is 2.14. The monoisotopic (exact) mass is 224 g/mol. The molecule has 0 radical (unpaired) electrons. The van der Waals surface area contributed by atoms with E-state index < -0.39 is 8.80 Å². The van der Waals surface area contributed by atoms with Gasteiger partial charge in [-0.15, -0.1) is 0 Å². The molecule has 0 aromatic heterocycles. The molecular formula is C5H16O4Si3. The van der Waals surface area contributed by atoms with Gasteiger partial charge in [0.25, 0.3) is 0 Å². The lowest BCUT2D eigenvalue weighted by Crippen LogP contribution is -2.43. The van der Waals surface area contributed by atoms with Crippen molar-refractivity contribution < 1.29 is 17.4 Å². The maximum absolute atomic E-state index is 5.22. The number of rotatable bonds is 6. The van der Waals surface area contributed by atoms with Crippen LogP contribution in [0.25, 0.3) is 0 Å².